The summed E-state index contributed by atoms with van der Waals surface area (Å²) in [6, 6.07) is 24.6. The van der Waals surface area contributed by atoms with Crippen LogP contribution < -0.4 is 10.1 Å². The van der Waals surface area contributed by atoms with Gasteiger partial charge in [0.05, 0.1) is 23.3 Å². The zero-order valence-electron chi connectivity index (χ0n) is 18.6. The summed E-state index contributed by atoms with van der Waals surface area (Å²) < 4.78 is 6.04. The van der Waals surface area contributed by atoms with E-state index in [4.69, 9.17) is 32.9 Å². The molecule has 1 aromatic heterocycles. The molecule has 0 spiro atoms. The number of anilines is 2. The third-order valence-electron chi connectivity index (χ3n) is 5.63. The first kappa shape index (κ1) is 23.6. The Balaban J connectivity index is 1.42. The van der Waals surface area contributed by atoms with Gasteiger partial charge in [0, 0.05) is 47.4 Å². The van der Waals surface area contributed by atoms with E-state index in [1.54, 1.807) is 0 Å². The van der Waals surface area contributed by atoms with Crippen molar-refractivity contribution in [3.8, 4) is 5.75 Å². The quantitative estimate of drug-likeness (QED) is 0.133. The van der Waals surface area contributed by atoms with Crippen molar-refractivity contribution in [2.45, 2.75) is 12.8 Å². The van der Waals surface area contributed by atoms with Crippen LogP contribution in [-0.2, 0) is 0 Å². The van der Waals surface area contributed by atoms with E-state index in [0.29, 0.717) is 18.4 Å². The van der Waals surface area contributed by atoms with Gasteiger partial charge in [-0.1, -0.05) is 42.5 Å². The van der Waals surface area contributed by atoms with Crippen LogP contribution in [0, 0.1) is 0 Å². The van der Waals surface area contributed by atoms with Crippen LogP contribution in [-0.4, -0.2) is 47.9 Å². The van der Waals surface area contributed by atoms with Crippen LogP contribution in [0.1, 0.15) is 12.8 Å². The molecule has 172 valence electrons. The first-order valence-electron chi connectivity index (χ1n) is 11.4. The molecule has 33 heavy (non-hydrogen) atoms. The van der Waals surface area contributed by atoms with Crippen LogP contribution in [0.5, 0.6) is 5.75 Å². The molecule has 3 aromatic carbocycles. The summed E-state index contributed by atoms with van der Waals surface area (Å²) in [7, 11) is 0. The fourth-order valence-corrected chi connectivity index (χ4v) is 4.46. The minimum absolute atomic E-state index is 0.634. The zero-order chi connectivity index (χ0) is 22.9. The molecule has 0 aliphatic carbocycles. The van der Waals surface area contributed by atoms with Crippen molar-refractivity contribution in [1.82, 2.24) is 9.88 Å². The lowest BCUT2D eigenvalue weighted by molar-refractivity contribution is 0.268. The standard InChI is InChI=1S/C27H29Cl2N3O/c28-14-17-32(18-15-29)16-5-6-19-33-22-9-7-8-21(20-22)30-27-23-10-1-3-12-25(23)31-26-13-4-2-11-24(26)27/h1-4,7-13,20H,5-6,14-19H2,(H,30,31). The third kappa shape index (κ3) is 6.29. The van der Waals surface area contributed by atoms with Gasteiger partial charge in [0.1, 0.15) is 5.75 Å². The van der Waals surface area contributed by atoms with Crippen molar-refractivity contribution >= 4 is 56.4 Å². The maximum absolute atomic E-state index is 6.04. The average Bonchev–Trinajstić information content (AvgIpc) is 2.84. The Morgan fingerprint density at radius 3 is 2.09 bits per heavy atom. The monoisotopic (exact) mass is 481 g/mol. The Bertz CT molecular complexity index is 1120. The van der Waals surface area contributed by atoms with Gasteiger partial charge in [-0.15, -0.1) is 23.2 Å². The lowest BCUT2D eigenvalue weighted by Gasteiger charge is -2.19. The number of ether oxygens (including phenoxy) is 1. The number of alkyl halides is 2. The van der Waals surface area contributed by atoms with Gasteiger partial charge >= 0.3 is 0 Å². The number of hydrogen-bond acceptors (Lipinski definition) is 4. The highest BCUT2D eigenvalue weighted by atomic mass is 35.5. The molecule has 0 saturated carbocycles. The van der Waals surface area contributed by atoms with Crippen molar-refractivity contribution < 1.29 is 4.74 Å². The summed E-state index contributed by atoms with van der Waals surface area (Å²) in [5.74, 6) is 2.13. The van der Waals surface area contributed by atoms with E-state index < -0.39 is 0 Å². The molecule has 0 radical (unpaired) electrons. The molecule has 0 fully saturated rings. The lowest BCUT2D eigenvalue weighted by atomic mass is 10.1. The number of nitrogens with one attached hydrogen (secondary N) is 1. The summed E-state index contributed by atoms with van der Waals surface area (Å²) in [6.07, 6.45) is 2.04. The molecule has 0 saturated heterocycles. The van der Waals surface area contributed by atoms with Gasteiger partial charge in [0.2, 0.25) is 0 Å². The van der Waals surface area contributed by atoms with E-state index >= 15 is 0 Å². The largest absolute Gasteiger partial charge is 0.494 e. The molecule has 4 nitrogen and oxygen atoms in total. The predicted octanol–water partition coefficient (Wildman–Crippen LogP) is 7.07. The highest BCUT2D eigenvalue weighted by Crippen LogP contribution is 2.33. The summed E-state index contributed by atoms with van der Waals surface area (Å²) in [5.41, 5.74) is 4.00. The number of para-hydroxylation sites is 2. The van der Waals surface area contributed by atoms with Crippen LogP contribution in [0.3, 0.4) is 0 Å². The van der Waals surface area contributed by atoms with Gasteiger partial charge < -0.3 is 15.0 Å². The van der Waals surface area contributed by atoms with Crippen molar-refractivity contribution in [2.75, 3.05) is 43.3 Å². The van der Waals surface area contributed by atoms with Crippen molar-refractivity contribution in [1.29, 1.82) is 0 Å². The summed E-state index contributed by atoms with van der Waals surface area (Å²) in [5, 5.41) is 5.82. The molecule has 0 atom stereocenters. The topological polar surface area (TPSA) is 37.4 Å². The molecule has 6 heteroatoms. The second-order valence-electron chi connectivity index (χ2n) is 7.95. The van der Waals surface area contributed by atoms with Crippen molar-refractivity contribution in [3.05, 3.63) is 72.8 Å². The molecule has 1 N–H and O–H groups in total. The summed E-state index contributed by atoms with van der Waals surface area (Å²) >= 11 is 11.7. The molecular formula is C27H29Cl2N3O. The molecule has 0 bridgehead atoms. The molecule has 0 amide bonds. The zero-order valence-corrected chi connectivity index (χ0v) is 20.2. The molecular weight excluding hydrogens is 453 g/mol. The van der Waals surface area contributed by atoms with E-state index in [1.807, 2.05) is 48.5 Å². The number of pyridine rings is 1. The number of aromatic nitrogens is 1. The first-order valence-corrected chi connectivity index (χ1v) is 12.5. The van der Waals surface area contributed by atoms with Crippen molar-refractivity contribution in [3.63, 3.8) is 0 Å². The highest BCUT2D eigenvalue weighted by Gasteiger charge is 2.09. The number of unbranched alkanes of at least 4 members (excludes halogenated alkanes) is 1. The third-order valence-corrected chi connectivity index (χ3v) is 5.97. The Hall–Kier alpha value is -2.53. The number of nitrogens with zero attached hydrogens (tertiary/aromatic N) is 2. The normalized spacial score (nSPS) is 11.4. The first-order chi connectivity index (χ1) is 16.3. The smallest absolute Gasteiger partial charge is 0.121 e. The summed E-state index contributed by atoms with van der Waals surface area (Å²) in [6.45, 7) is 3.43. The molecule has 0 aliphatic heterocycles. The maximum atomic E-state index is 6.04. The number of hydrogen-bond donors (Lipinski definition) is 1. The Morgan fingerprint density at radius 1 is 0.758 bits per heavy atom. The van der Waals surface area contributed by atoms with Crippen LogP contribution in [0.25, 0.3) is 21.8 Å². The summed E-state index contributed by atoms with van der Waals surface area (Å²) in [4.78, 5) is 7.11. The van der Waals surface area contributed by atoms with Crippen LogP contribution >= 0.6 is 23.2 Å². The molecule has 0 unspecified atom stereocenters. The minimum atomic E-state index is 0.634. The highest BCUT2D eigenvalue weighted by molar-refractivity contribution is 6.18. The van der Waals surface area contributed by atoms with Gasteiger partial charge in [-0.25, -0.2) is 4.98 Å². The second-order valence-corrected chi connectivity index (χ2v) is 8.71. The van der Waals surface area contributed by atoms with Crippen LogP contribution in [0.2, 0.25) is 0 Å². The van der Waals surface area contributed by atoms with Gasteiger partial charge in [-0.05, 0) is 43.7 Å². The van der Waals surface area contributed by atoms with E-state index in [1.165, 1.54) is 0 Å². The lowest BCUT2D eigenvalue weighted by Crippen LogP contribution is -2.29. The Labute approximate surface area is 205 Å². The van der Waals surface area contributed by atoms with E-state index in [9.17, 15) is 0 Å². The fraction of sp³-hybridized carbons (Fsp3) is 0.296. The fourth-order valence-electron chi connectivity index (χ4n) is 3.98. The average molecular weight is 482 g/mol. The molecule has 4 rings (SSSR count). The van der Waals surface area contributed by atoms with E-state index in [0.717, 1.165) is 71.4 Å². The maximum Gasteiger partial charge on any atom is 0.121 e. The molecule has 1 heterocycles. The number of fused-ring (bicyclic) bond motifs is 2. The second kappa shape index (κ2) is 12.1. The number of benzene rings is 3. The minimum Gasteiger partial charge on any atom is -0.494 e. The van der Waals surface area contributed by atoms with Gasteiger partial charge in [0.15, 0.2) is 0 Å². The Kier molecular flexibility index (Phi) is 8.65. The number of halogens is 2. The van der Waals surface area contributed by atoms with Crippen molar-refractivity contribution in [2.24, 2.45) is 0 Å². The molecule has 4 aromatic rings. The van der Waals surface area contributed by atoms with E-state index in [-0.39, 0.29) is 0 Å². The van der Waals surface area contributed by atoms with Crippen LogP contribution in [0.4, 0.5) is 11.4 Å². The van der Waals surface area contributed by atoms with Crippen LogP contribution in [0.15, 0.2) is 72.8 Å². The van der Waals surface area contributed by atoms with Gasteiger partial charge in [-0.2, -0.15) is 0 Å². The SMILES string of the molecule is ClCCN(CCCl)CCCCOc1cccc(Nc2c3ccccc3nc3ccccc23)c1. The number of rotatable bonds is 12. The van der Waals surface area contributed by atoms with Gasteiger partial charge in [0.25, 0.3) is 0 Å². The van der Waals surface area contributed by atoms with E-state index in [2.05, 4.69) is 34.5 Å². The Morgan fingerprint density at radius 2 is 1.42 bits per heavy atom. The molecule has 0 aliphatic rings. The predicted molar refractivity (Wildman–Crippen MR) is 142 cm³/mol. The van der Waals surface area contributed by atoms with Gasteiger partial charge in [-0.3, -0.25) is 0 Å².